The summed E-state index contributed by atoms with van der Waals surface area (Å²) in [5.74, 6) is -2.09. The first-order valence-electron chi connectivity index (χ1n) is 4.84. The van der Waals surface area contributed by atoms with Crippen LogP contribution in [0.5, 0.6) is 0 Å². The molecule has 1 aromatic rings. The molecule has 0 aliphatic carbocycles. The fourth-order valence-electron chi connectivity index (χ4n) is 1.14. The fraction of sp³-hybridized carbons (Fsp3) is 0. The molecular formula is C11H10N3O4-. The van der Waals surface area contributed by atoms with E-state index in [0.717, 1.165) is 6.08 Å². The Labute approximate surface area is 102 Å². The molecule has 0 unspecified atom stereocenters. The van der Waals surface area contributed by atoms with Gasteiger partial charge in [-0.05, 0) is 24.3 Å². The second kappa shape index (κ2) is 6.04. The number of anilines is 2. The first-order valence-corrected chi connectivity index (χ1v) is 4.84. The summed E-state index contributed by atoms with van der Waals surface area (Å²) in [7, 11) is 0. The van der Waals surface area contributed by atoms with Crippen LogP contribution < -0.4 is 21.5 Å². The lowest BCUT2D eigenvalue weighted by Gasteiger charge is -2.05. The van der Waals surface area contributed by atoms with Crippen LogP contribution in [-0.2, 0) is 9.59 Å². The molecule has 1 rings (SSSR count). The largest absolute Gasteiger partial charge is 0.545 e. The summed E-state index contributed by atoms with van der Waals surface area (Å²) in [6.45, 7) is 0. The molecule has 0 aromatic heterocycles. The Morgan fingerprint density at radius 2 is 1.72 bits per heavy atom. The zero-order valence-electron chi connectivity index (χ0n) is 9.17. The molecule has 0 bridgehead atoms. The predicted molar refractivity (Wildman–Crippen MR) is 62.4 cm³/mol. The zero-order chi connectivity index (χ0) is 13.5. The third-order valence-electron chi connectivity index (χ3n) is 1.77. The van der Waals surface area contributed by atoms with E-state index in [1.165, 1.54) is 6.07 Å². The summed E-state index contributed by atoms with van der Waals surface area (Å²) < 4.78 is 0. The molecule has 7 heteroatoms. The van der Waals surface area contributed by atoms with Crippen LogP contribution in [0.15, 0.2) is 36.4 Å². The number of carbonyl (C=O) groups is 3. The van der Waals surface area contributed by atoms with Gasteiger partial charge in [0.15, 0.2) is 0 Å². The molecule has 18 heavy (non-hydrogen) atoms. The average molecular weight is 248 g/mol. The van der Waals surface area contributed by atoms with Crippen LogP contribution in [0.4, 0.5) is 16.2 Å². The fourth-order valence-corrected chi connectivity index (χ4v) is 1.14. The monoisotopic (exact) mass is 248 g/mol. The number of hydrogen-bond donors (Lipinski definition) is 3. The van der Waals surface area contributed by atoms with Crippen LogP contribution in [0.1, 0.15) is 0 Å². The van der Waals surface area contributed by atoms with E-state index < -0.39 is 17.9 Å². The topological polar surface area (TPSA) is 124 Å². The molecule has 0 saturated carbocycles. The van der Waals surface area contributed by atoms with E-state index in [-0.39, 0.29) is 0 Å². The van der Waals surface area contributed by atoms with Gasteiger partial charge in [0.2, 0.25) is 5.91 Å². The van der Waals surface area contributed by atoms with E-state index in [9.17, 15) is 19.5 Å². The molecule has 0 spiro atoms. The normalized spacial score (nSPS) is 10.0. The first-order chi connectivity index (χ1) is 8.47. The van der Waals surface area contributed by atoms with E-state index in [1.54, 1.807) is 18.2 Å². The van der Waals surface area contributed by atoms with Crippen molar-refractivity contribution in [2.24, 2.45) is 5.73 Å². The number of rotatable bonds is 4. The summed E-state index contributed by atoms with van der Waals surface area (Å²) in [6.07, 6.45) is 1.43. The van der Waals surface area contributed by atoms with E-state index in [4.69, 9.17) is 5.73 Å². The van der Waals surface area contributed by atoms with Crippen molar-refractivity contribution in [3.8, 4) is 0 Å². The number of nitrogens with one attached hydrogen (secondary N) is 2. The van der Waals surface area contributed by atoms with Gasteiger partial charge in [-0.2, -0.15) is 0 Å². The highest BCUT2D eigenvalue weighted by Crippen LogP contribution is 2.14. The van der Waals surface area contributed by atoms with Gasteiger partial charge in [0, 0.05) is 17.5 Å². The van der Waals surface area contributed by atoms with E-state index in [0.29, 0.717) is 17.5 Å². The Hall–Kier alpha value is -2.83. The Kier molecular flexibility index (Phi) is 4.44. The minimum Gasteiger partial charge on any atom is -0.545 e. The molecule has 0 fully saturated rings. The number of carboxylic acid groups (broad SMARTS) is 1. The van der Waals surface area contributed by atoms with Crippen molar-refractivity contribution < 1.29 is 19.5 Å². The minimum absolute atomic E-state index is 0.384. The predicted octanol–water partition coefficient (Wildman–Crippen LogP) is -0.578. The Balaban J connectivity index is 2.70. The van der Waals surface area contributed by atoms with Crippen LogP contribution in [0, 0.1) is 0 Å². The Morgan fingerprint density at radius 3 is 2.28 bits per heavy atom. The molecule has 1 aromatic carbocycles. The summed E-state index contributed by atoms with van der Waals surface area (Å²) in [5, 5.41) is 14.8. The van der Waals surface area contributed by atoms with Gasteiger partial charge in [-0.15, -0.1) is 0 Å². The standard InChI is InChI=1S/C11H11N3O4/c12-11(18)14-8-3-1-2-7(6-8)13-9(15)4-5-10(16)17/h1-6H,(H,13,15)(H,16,17)(H3,12,14,18)/p-1/b5-4-. The third kappa shape index (κ3) is 4.79. The van der Waals surface area contributed by atoms with Crippen LogP contribution in [0.2, 0.25) is 0 Å². The highest BCUT2D eigenvalue weighted by atomic mass is 16.4. The molecule has 0 radical (unpaired) electrons. The first kappa shape index (κ1) is 13.2. The molecular weight excluding hydrogens is 238 g/mol. The van der Waals surface area contributed by atoms with Crippen LogP contribution >= 0.6 is 0 Å². The van der Waals surface area contributed by atoms with Crippen molar-refractivity contribution >= 4 is 29.3 Å². The van der Waals surface area contributed by atoms with Gasteiger partial charge in [-0.3, -0.25) is 4.79 Å². The molecule has 0 saturated heterocycles. The number of carboxylic acids is 1. The van der Waals surface area contributed by atoms with Crippen molar-refractivity contribution in [3.63, 3.8) is 0 Å². The van der Waals surface area contributed by atoms with Crippen molar-refractivity contribution in [2.45, 2.75) is 0 Å². The lowest BCUT2D eigenvalue weighted by atomic mass is 10.2. The average Bonchev–Trinajstić information content (AvgIpc) is 2.26. The molecule has 0 aliphatic heterocycles. The molecule has 0 heterocycles. The van der Waals surface area contributed by atoms with Gasteiger partial charge < -0.3 is 26.3 Å². The van der Waals surface area contributed by atoms with E-state index in [1.807, 2.05) is 0 Å². The second-order valence-electron chi connectivity index (χ2n) is 3.21. The molecule has 0 aliphatic rings. The van der Waals surface area contributed by atoms with Crippen LogP contribution in [0.3, 0.4) is 0 Å². The molecule has 7 nitrogen and oxygen atoms in total. The van der Waals surface area contributed by atoms with Crippen LogP contribution in [0.25, 0.3) is 0 Å². The zero-order valence-corrected chi connectivity index (χ0v) is 9.17. The maximum absolute atomic E-state index is 11.2. The number of benzene rings is 1. The number of primary amides is 1. The highest BCUT2D eigenvalue weighted by Gasteiger charge is 2.00. The molecule has 4 N–H and O–H groups in total. The quantitative estimate of drug-likeness (QED) is 0.616. The number of nitrogens with two attached hydrogens (primary N) is 1. The SMILES string of the molecule is NC(=O)Nc1cccc(NC(=O)/C=C\C(=O)[O-])c1. The van der Waals surface area contributed by atoms with Crippen molar-refractivity contribution in [1.82, 2.24) is 0 Å². The molecule has 94 valence electrons. The smallest absolute Gasteiger partial charge is 0.316 e. The van der Waals surface area contributed by atoms with Crippen LogP contribution in [-0.4, -0.2) is 17.9 Å². The lowest BCUT2D eigenvalue weighted by molar-refractivity contribution is -0.297. The number of carbonyl (C=O) groups excluding carboxylic acids is 3. The number of amides is 3. The second-order valence-corrected chi connectivity index (χ2v) is 3.21. The minimum atomic E-state index is -1.46. The summed E-state index contributed by atoms with van der Waals surface area (Å²) >= 11 is 0. The van der Waals surface area contributed by atoms with Crippen molar-refractivity contribution in [3.05, 3.63) is 36.4 Å². The number of hydrogen-bond acceptors (Lipinski definition) is 4. The maximum Gasteiger partial charge on any atom is 0.316 e. The Bertz CT molecular complexity index is 511. The van der Waals surface area contributed by atoms with E-state index >= 15 is 0 Å². The van der Waals surface area contributed by atoms with Gasteiger partial charge in [0.05, 0.1) is 5.97 Å². The van der Waals surface area contributed by atoms with Gasteiger partial charge in [0.25, 0.3) is 0 Å². The third-order valence-corrected chi connectivity index (χ3v) is 1.77. The summed E-state index contributed by atoms with van der Waals surface area (Å²) in [6, 6.07) is 5.48. The van der Waals surface area contributed by atoms with Crippen molar-refractivity contribution in [2.75, 3.05) is 10.6 Å². The maximum atomic E-state index is 11.2. The highest BCUT2D eigenvalue weighted by molar-refractivity contribution is 6.02. The van der Waals surface area contributed by atoms with Gasteiger partial charge >= 0.3 is 6.03 Å². The molecule has 3 amide bonds. The van der Waals surface area contributed by atoms with Gasteiger partial charge in [-0.1, -0.05) is 6.07 Å². The number of aliphatic carboxylic acids is 1. The Morgan fingerprint density at radius 1 is 1.11 bits per heavy atom. The van der Waals surface area contributed by atoms with Crippen molar-refractivity contribution in [1.29, 1.82) is 0 Å². The molecule has 0 atom stereocenters. The van der Waals surface area contributed by atoms with E-state index in [2.05, 4.69) is 10.6 Å². The van der Waals surface area contributed by atoms with Gasteiger partial charge in [-0.25, -0.2) is 4.79 Å². The number of urea groups is 1. The lowest BCUT2D eigenvalue weighted by Crippen LogP contribution is -2.20. The summed E-state index contributed by atoms with van der Waals surface area (Å²) in [4.78, 5) is 32.0. The summed E-state index contributed by atoms with van der Waals surface area (Å²) in [5.41, 5.74) is 5.73. The van der Waals surface area contributed by atoms with Gasteiger partial charge in [0.1, 0.15) is 0 Å².